The number of thiophene rings is 1. The van der Waals surface area contributed by atoms with E-state index < -0.39 is 0 Å². The van der Waals surface area contributed by atoms with Gasteiger partial charge >= 0.3 is 0 Å². The summed E-state index contributed by atoms with van der Waals surface area (Å²) in [5.41, 5.74) is 2.52. The van der Waals surface area contributed by atoms with Gasteiger partial charge < -0.3 is 9.64 Å². The lowest BCUT2D eigenvalue weighted by Gasteiger charge is -2.34. The van der Waals surface area contributed by atoms with Crippen LogP contribution >= 0.6 is 27.3 Å². The summed E-state index contributed by atoms with van der Waals surface area (Å²) in [6.45, 7) is 4.90. The van der Waals surface area contributed by atoms with E-state index in [0.29, 0.717) is 13.0 Å². The van der Waals surface area contributed by atoms with E-state index in [0.717, 1.165) is 43.6 Å². The number of hydrogen-bond donors (Lipinski definition) is 0. The highest BCUT2D eigenvalue weighted by Gasteiger charge is 2.25. The van der Waals surface area contributed by atoms with Crippen LogP contribution in [0.25, 0.3) is 0 Å². The number of hydrogen-bond acceptors (Lipinski definition) is 4. The molecule has 1 fully saturated rings. The molecule has 1 amide bonds. The van der Waals surface area contributed by atoms with Gasteiger partial charge in [0.1, 0.15) is 0 Å². The average Bonchev–Trinajstić information content (AvgIpc) is 3.14. The summed E-state index contributed by atoms with van der Waals surface area (Å²) >= 11 is 5.34. The first-order valence-electron chi connectivity index (χ1n) is 9.11. The molecule has 0 saturated carbocycles. The fourth-order valence-corrected chi connectivity index (χ4v) is 4.99. The van der Waals surface area contributed by atoms with E-state index >= 15 is 0 Å². The van der Waals surface area contributed by atoms with Crippen molar-refractivity contribution in [3.05, 3.63) is 56.2 Å². The van der Waals surface area contributed by atoms with Gasteiger partial charge in [-0.25, -0.2) is 0 Å². The second kappa shape index (κ2) is 8.21. The fourth-order valence-electron chi connectivity index (χ4n) is 3.69. The average molecular weight is 435 g/mol. The van der Waals surface area contributed by atoms with Crippen LogP contribution in [0.4, 0.5) is 0 Å². The van der Waals surface area contributed by atoms with E-state index in [1.807, 2.05) is 28.4 Å². The Morgan fingerprint density at radius 1 is 1.31 bits per heavy atom. The molecule has 26 heavy (non-hydrogen) atoms. The van der Waals surface area contributed by atoms with Gasteiger partial charge in [0.15, 0.2) is 0 Å². The minimum atomic E-state index is 0.0831. The molecule has 2 aliphatic heterocycles. The molecule has 0 spiro atoms. The summed E-state index contributed by atoms with van der Waals surface area (Å²) < 4.78 is 7.02. The number of fused-ring (bicyclic) bond motifs is 1. The van der Waals surface area contributed by atoms with E-state index in [1.54, 1.807) is 0 Å². The van der Waals surface area contributed by atoms with Crippen LogP contribution in [-0.2, 0) is 22.5 Å². The van der Waals surface area contributed by atoms with Crippen molar-refractivity contribution >= 4 is 33.2 Å². The minimum Gasteiger partial charge on any atom is -0.371 e. The maximum absolute atomic E-state index is 12.6. The van der Waals surface area contributed by atoms with Crippen LogP contribution < -0.4 is 0 Å². The first-order valence-corrected chi connectivity index (χ1v) is 10.8. The molecule has 1 saturated heterocycles. The van der Waals surface area contributed by atoms with Gasteiger partial charge in [-0.3, -0.25) is 9.69 Å². The number of rotatable bonds is 4. The number of morpholine rings is 1. The van der Waals surface area contributed by atoms with E-state index in [4.69, 9.17) is 4.74 Å². The molecule has 3 heterocycles. The Kier molecular flexibility index (Phi) is 5.74. The summed E-state index contributed by atoms with van der Waals surface area (Å²) in [5.74, 6) is 0.271. The summed E-state index contributed by atoms with van der Waals surface area (Å²) in [7, 11) is 0. The lowest BCUT2D eigenvalue weighted by Crippen LogP contribution is -2.41. The predicted molar refractivity (Wildman–Crippen MR) is 107 cm³/mol. The number of benzene rings is 1. The summed E-state index contributed by atoms with van der Waals surface area (Å²) in [4.78, 5) is 18.4. The molecule has 2 aromatic rings. The number of amides is 1. The molecule has 1 aromatic carbocycles. The van der Waals surface area contributed by atoms with Gasteiger partial charge in [0.2, 0.25) is 5.91 Å². The number of nitrogens with zero attached hydrogens (tertiary/aromatic N) is 2. The van der Waals surface area contributed by atoms with Crippen molar-refractivity contribution < 1.29 is 9.53 Å². The summed E-state index contributed by atoms with van der Waals surface area (Å²) in [6, 6.07) is 10.5. The molecular weight excluding hydrogens is 412 g/mol. The molecule has 0 N–H and O–H groups in total. The van der Waals surface area contributed by atoms with Crippen molar-refractivity contribution in [2.45, 2.75) is 25.5 Å². The zero-order valence-electron chi connectivity index (χ0n) is 14.7. The van der Waals surface area contributed by atoms with Gasteiger partial charge in [0, 0.05) is 48.5 Å². The Labute approximate surface area is 166 Å². The largest absolute Gasteiger partial charge is 0.371 e. The maximum Gasteiger partial charge on any atom is 0.224 e. The van der Waals surface area contributed by atoms with Gasteiger partial charge in [-0.2, -0.15) is 0 Å². The van der Waals surface area contributed by atoms with Crippen LogP contribution in [-0.4, -0.2) is 48.5 Å². The van der Waals surface area contributed by atoms with E-state index in [2.05, 4.69) is 44.4 Å². The van der Waals surface area contributed by atoms with Gasteiger partial charge in [-0.15, -0.1) is 11.3 Å². The molecule has 4 rings (SSSR count). The lowest BCUT2D eigenvalue weighted by atomic mass is 10.1. The van der Waals surface area contributed by atoms with Crippen LogP contribution in [0.15, 0.2) is 40.2 Å². The van der Waals surface area contributed by atoms with Crippen molar-refractivity contribution in [2.75, 3.05) is 32.8 Å². The number of carbonyl (C=O) groups is 1. The zero-order valence-corrected chi connectivity index (χ0v) is 17.1. The third-order valence-corrected chi connectivity index (χ3v) is 6.69. The Balaban J connectivity index is 1.30. The standard InChI is InChI=1S/C20H23BrN2O2S/c21-17-3-1-2-15(12-17)18-14-22(9-10-25-18)7-5-20(24)23-8-4-19-16(13-23)6-11-26-19/h1-3,6,11-12,18H,4-5,7-10,13-14H2. The van der Waals surface area contributed by atoms with Gasteiger partial charge in [0.25, 0.3) is 0 Å². The van der Waals surface area contributed by atoms with Crippen molar-refractivity contribution in [3.8, 4) is 0 Å². The Morgan fingerprint density at radius 2 is 2.23 bits per heavy atom. The SMILES string of the molecule is O=C(CCN1CCOC(c2cccc(Br)c2)C1)N1CCc2sccc2C1. The number of carbonyl (C=O) groups excluding carboxylic acids is 1. The van der Waals surface area contributed by atoms with Crippen molar-refractivity contribution in [1.29, 1.82) is 0 Å². The number of halogens is 1. The van der Waals surface area contributed by atoms with E-state index in [-0.39, 0.29) is 12.0 Å². The quantitative estimate of drug-likeness (QED) is 0.732. The van der Waals surface area contributed by atoms with Gasteiger partial charge in [0.05, 0.1) is 12.7 Å². The molecule has 1 atom stereocenters. The van der Waals surface area contributed by atoms with Crippen molar-refractivity contribution in [3.63, 3.8) is 0 Å². The molecule has 0 radical (unpaired) electrons. The Hall–Kier alpha value is -1.21. The zero-order chi connectivity index (χ0) is 17.9. The molecule has 138 valence electrons. The maximum atomic E-state index is 12.6. The smallest absolute Gasteiger partial charge is 0.224 e. The van der Waals surface area contributed by atoms with Crippen LogP contribution in [0.2, 0.25) is 0 Å². The Morgan fingerprint density at radius 3 is 3.12 bits per heavy atom. The molecule has 0 bridgehead atoms. The first kappa shape index (κ1) is 18.2. The summed E-state index contributed by atoms with van der Waals surface area (Å²) in [6.07, 6.45) is 1.67. The Bertz CT molecular complexity index is 779. The molecule has 2 aliphatic rings. The molecule has 1 unspecified atom stereocenters. The fraction of sp³-hybridized carbons (Fsp3) is 0.450. The molecule has 0 aliphatic carbocycles. The van der Waals surface area contributed by atoms with Crippen LogP contribution in [0, 0.1) is 0 Å². The second-order valence-corrected chi connectivity index (χ2v) is 8.82. The van der Waals surface area contributed by atoms with Gasteiger partial charge in [-0.05, 0) is 41.1 Å². The van der Waals surface area contributed by atoms with E-state index in [9.17, 15) is 4.79 Å². The number of ether oxygens (including phenoxy) is 1. The van der Waals surface area contributed by atoms with Crippen molar-refractivity contribution in [2.24, 2.45) is 0 Å². The molecule has 6 heteroatoms. The normalized spacial score (nSPS) is 20.8. The lowest BCUT2D eigenvalue weighted by molar-refractivity contribution is -0.133. The highest BCUT2D eigenvalue weighted by atomic mass is 79.9. The predicted octanol–water partition coefficient (Wildman–Crippen LogP) is 3.86. The molecular formula is C20H23BrN2O2S. The topological polar surface area (TPSA) is 32.8 Å². The highest BCUT2D eigenvalue weighted by molar-refractivity contribution is 9.10. The molecule has 4 nitrogen and oxygen atoms in total. The molecule has 1 aromatic heterocycles. The second-order valence-electron chi connectivity index (χ2n) is 6.90. The first-order chi connectivity index (χ1) is 12.7. The highest BCUT2D eigenvalue weighted by Crippen LogP contribution is 2.26. The van der Waals surface area contributed by atoms with Crippen LogP contribution in [0.5, 0.6) is 0 Å². The van der Waals surface area contributed by atoms with Crippen molar-refractivity contribution in [1.82, 2.24) is 9.80 Å². The van der Waals surface area contributed by atoms with Crippen LogP contribution in [0.1, 0.15) is 28.5 Å². The van der Waals surface area contributed by atoms with Crippen LogP contribution in [0.3, 0.4) is 0 Å². The summed E-state index contributed by atoms with van der Waals surface area (Å²) in [5, 5.41) is 2.13. The monoisotopic (exact) mass is 434 g/mol. The minimum absolute atomic E-state index is 0.0831. The van der Waals surface area contributed by atoms with E-state index in [1.165, 1.54) is 16.0 Å². The van der Waals surface area contributed by atoms with Gasteiger partial charge in [-0.1, -0.05) is 28.1 Å². The third kappa shape index (κ3) is 4.19. The third-order valence-electron chi connectivity index (χ3n) is 5.17.